The molecule has 2 aromatic rings. The van der Waals surface area contributed by atoms with Crippen molar-refractivity contribution >= 4 is 23.4 Å². The van der Waals surface area contributed by atoms with Crippen LogP contribution in [-0.4, -0.2) is 43.9 Å². The highest BCUT2D eigenvalue weighted by molar-refractivity contribution is 7.71. The van der Waals surface area contributed by atoms with Gasteiger partial charge in [-0.3, -0.25) is 0 Å². The summed E-state index contributed by atoms with van der Waals surface area (Å²) in [4.78, 5) is 5.73. The summed E-state index contributed by atoms with van der Waals surface area (Å²) in [5.41, 5.74) is 3.24. The first-order valence-electron chi connectivity index (χ1n) is 6.98. The quantitative estimate of drug-likeness (QED) is 0.854. The summed E-state index contributed by atoms with van der Waals surface area (Å²) in [5, 5.41) is 4.55. The van der Waals surface area contributed by atoms with Gasteiger partial charge in [-0.2, -0.15) is 5.10 Å². The van der Waals surface area contributed by atoms with E-state index in [1.807, 2.05) is 11.6 Å². The summed E-state index contributed by atoms with van der Waals surface area (Å²) < 4.78 is 5.03. The predicted molar refractivity (Wildman–Crippen MR) is 79.0 cm³/mol. The van der Waals surface area contributed by atoms with Gasteiger partial charge in [0.1, 0.15) is 5.52 Å². The molecule has 0 radical (unpaired) electrons. The number of aryl methyl sites for hydroxylation is 2. The van der Waals surface area contributed by atoms with Crippen LogP contribution in [0, 0.1) is 11.7 Å². The van der Waals surface area contributed by atoms with Crippen LogP contribution in [0.4, 0.5) is 0 Å². The Morgan fingerprint density at radius 3 is 2.84 bits per heavy atom. The van der Waals surface area contributed by atoms with Crippen molar-refractivity contribution in [2.24, 2.45) is 0 Å². The fourth-order valence-electron chi connectivity index (χ4n) is 2.64. The minimum atomic E-state index is 0.793. The molecule has 1 aliphatic carbocycles. The highest BCUT2D eigenvalue weighted by atomic mass is 32.1. The van der Waals surface area contributed by atoms with Crippen LogP contribution in [-0.2, 0) is 13.1 Å². The van der Waals surface area contributed by atoms with Crippen LogP contribution in [0.2, 0.25) is 0 Å². The fraction of sp³-hybridized carbons (Fsp3) is 0.692. The third kappa shape index (κ3) is 2.23. The molecule has 0 aliphatic heterocycles. The summed E-state index contributed by atoms with van der Waals surface area (Å²) >= 11 is 5.45. The number of nitrogens with one attached hydrogen (secondary N) is 1. The Bertz CT molecular complexity index is 646. The van der Waals surface area contributed by atoms with E-state index >= 15 is 0 Å². The number of imidazole rings is 1. The molecule has 2 heterocycles. The Hall–Kier alpha value is -1.14. The Morgan fingerprint density at radius 1 is 1.47 bits per heavy atom. The summed E-state index contributed by atoms with van der Waals surface area (Å²) in [7, 11) is 2.20. The lowest BCUT2D eigenvalue weighted by atomic mass is 10.4. The number of H-pyrrole nitrogens is 1. The molecular formula is C13H21N5S. The third-order valence-electron chi connectivity index (χ3n) is 3.98. The van der Waals surface area contributed by atoms with E-state index in [9.17, 15) is 0 Å². The summed E-state index contributed by atoms with van der Waals surface area (Å²) in [6, 6.07) is 0.793. The molecule has 0 aromatic carbocycles. The van der Waals surface area contributed by atoms with Gasteiger partial charge in [-0.25, -0.2) is 4.68 Å². The number of hydrogen-bond donors (Lipinski definition) is 1. The minimum Gasteiger partial charge on any atom is -0.328 e. The molecule has 0 unspecified atom stereocenters. The molecule has 0 amide bonds. The molecule has 0 bridgehead atoms. The zero-order chi connectivity index (χ0) is 13.6. The summed E-state index contributed by atoms with van der Waals surface area (Å²) in [6.07, 6.45) is 2.69. The molecule has 2 aromatic heterocycles. The van der Waals surface area contributed by atoms with Crippen LogP contribution in [0.15, 0.2) is 0 Å². The molecule has 0 saturated heterocycles. The summed E-state index contributed by atoms with van der Waals surface area (Å²) in [5.74, 6) is 0. The predicted octanol–water partition coefficient (Wildman–Crippen LogP) is 2.32. The lowest BCUT2D eigenvalue weighted by molar-refractivity contribution is 0.309. The lowest BCUT2D eigenvalue weighted by Crippen LogP contribution is -2.25. The standard InChI is InChI=1S/C13H21N5S/c1-4-18-12-11(9(2)15-18)14-13(19)17(12)8-7-16(3)10-5-6-10/h10H,4-8H2,1-3H3,(H,14,19). The van der Waals surface area contributed by atoms with E-state index < -0.39 is 0 Å². The van der Waals surface area contributed by atoms with Gasteiger partial charge in [-0.15, -0.1) is 0 Å². The van der Waals surface area contributed by atoms with Gasteiger partial charge in [0.05, 0.1) is 5.69 Å². The van der Waals surface area contributed by atoms with E-state index in [4.69, 9.17) is 12.2 Å². The average molecular weight is 279 g/mol. The molecule has 0 atom stereocenters. The largest absolute Gasteiger partial charge is 0.328 e. The van der Waals surface area contributed by atoms with Crippen LogP contribution in [0.25, 0.3) is 11.2 Å². The van der Waals surface area contributed by atoms with Crippen molar-refractivity contribution < 1.29 is 0 Å². The molecule has 3 rings (SSSR count). The van der Waals surface area contributed by atoms with E-state index in [2.05, 4.69) is 33.5 Å². The molecule has 19 heavy (non-hydrogen) atoms. The molecule has 104 valence electrons. The molecule has 0 spiro atoms. The van der Waals surface area contributed by atoms with E-state index in [1.165, 1.54) is 12.8 Å². The fourth-order valence-corrected chi connectivity index (χ4v) is 2.92. The van der Waals surface area contributed by atoms with Gasteiger partial charge in [0.25, 0.3) is 0 Å². The smallest absolute Gasteiger partial charge is 0.179 e. The van der Waals surface area contributed by atoms with Gasteiger partial charge < -0.3 is 14.5 Å². The van der Waals surface area contributed by atoms with Gasteiger partial charge in [0.15, 0.2) is 10.4 Å². The van der Waals surface area contributed by atoms with Crippen molar-refractivity contribution in [2.45, 2.75) is 45.8 Å². The van der Waals surface area contributed by atoms with Crippen molar-refractivity contribution in [2.75, 3.05) is 13.6 Å². The van der Waals surface area contributed by atoms with Crippen molar-refractivity contribution in [1.29, 1.82) is 0 Å². The van der Waals surface area contributed by atoms with Crippen molar-refractivity contribution in [3.05, 3.63) is 10.5 Å². The minimum absolute atomic E-state index is 0.793. The molecule has 1 N–H and O–H groups in total. The molecule has 1 saturated carbocycles. The van der Waals surface area contributed by atoms with Crippen LogP contribution in [0.5, 0.6) is 0 Å². The zero-order valence-corrected chi connectivity index (χ0v) is 12.6. The van der Waals surface area contributed by atoms with Crippen LogP contribution < -0.4 is 0 Å². The second kappa shape index (κ2) is 4.76. The molecule has 1 fully saturated rings. The van der Waals surface area contributed by atoms with E-state index in [-0.39, 0.29) is 0 Å². The molecular weight excluding hydrogens is 258 g/mol. The van der Waals surface area contributed by atoms with Gasteiger partial charge in [0.2, 0.25) is 0 Å². The monoisotopic (exact) mass is 279 g/mol. The number of aromatic amines is 1. The molecule has 1 aliphatic rings. The highest BCUT2D eigenvalue weighted by Gasteiger charge is 2.26. The van der Waals surface area contributed by atoms with E-state index in [0.717, 1.165) is 47.3 Å². The normalized spacial score (nSPS) is 15.8. The van der Waals surface area contributed by atoms with Crippen molar-refractivity contribution in [1.82, 2.24) is 24.2 Å². The Morgan fingerprint density at radius 2 is 2.21 bits per heavy atom. The third-order valence-corrected chi connectivity index (χ3v) is 4.30. The number of nitrogens with zero attached hydrogens (tertiary/aromatic N) is 4. The number of aromatic nitrogens is 4. The van der Waals surface area contributed by atoms with E-state index in [1.54, 1.807) is 0 Å². The maximum atomic E-state index is 5.45. The maximum absolute atomic E-state index is 5.45. The summed E-state index contributed by atoms with van der Waals surface area (Å²) in [6.45, 7) is 6.98. The van der Waals surface area contributed by atoms with Crippen LogP contribution in [0.3, 0.4) is 0 Å². The first-order valence-corrected chi connectivity index (χ1v) is 7.38. The Balaban J connectivity index is 1.92. The second-order valence-corrected chi connectivity index (χ2v) is 5.78. The SMILES string of the molecule is CCn1nc(C)c2[nH]c(=S)n(CCN(C)C3CC3)c21. The number of rotatable bonds is 5. The Labute approximate surface area is 118 Å². The Kier molecular flexibility index (Phi) is 3.22. The van der Waals surface area contributed by atoms with Crippen LogP contribution >= 0.6 is 12.2 Å². The second-order valence-electron chi connectivity index (χ2n) is 5.39. The number of hydrogen-bond acceptors (Lipinski definition) is 3. The van der Waals surface area contributed by atoms with Gasteiger partial charge >= 0.3 is 0 Å². The number of likely N-dealkylation sites (N-methyl/N-ethyl adjacent to an activating group) is 1. The molecule has 5 nitrogen and oxygen atoms in total. The van der Waals surface area contributed by atoms with Gasteiger partial charge in [-0.05, 0) is 46.0 Å². The number of fused-ring (bicyclic) bond motifs is 1. The average Bonchev–Trinajstić information content (AvgIpc) is 3.12. The van der Waals surface area contributed by atoms with Gasteiger partial charge in [-0.1, -0.05) is 0 Å². The van der Waals surface area contributed by atoms with Crippen LogP contribution in [0.1, 0.15) is 25.5 Å². The lowest BCUT2D eigenvalue weighted by Gasteiger charge is -2.16. The molecule has 6 heteroatoms. The maximum Gasteiger partial charge on any atom is 0.179 e. The van der Waals surface area contributed by atoms with Crippen molar-refractivity contribution in [3.63, 3.8) is 0 Å². The zero-order valence-electron chi connectivity index (χ0n) is 11.8. The highest BCUT2D eigenvalue weighted by Crippen LogP contribution is 2.25. The first-order chi connectivity index (χ1) is 9.11. The topological polar surface area (TPSA) is 41.8 Å². The first kappa shape index (κ1) is 12.9. The van der Waals surface area contributed by atoms with E-state index in [0.29, 0.717) is 0 Å². The van der Waals surface area contributed by atoms with Gasteiger partial charge in [0, 0.05) is 25.7 Å². The van der Waals surface area contributed by atoms with Crippen molar-refractivity contribution in [3.8, 4) is 0 Å².